The second kappa shape index (κ2) is 12.1. The first kappa shape index (κ1) is 16.1. The maximum atomic E-state index is 11.4. The number of hydrogen-bond acceptors (Lipinski definition) is 3. The Labute approximate surface area is 117 Å². The minimum Gasteiger partial charge on any atom is -0.466 e. The van der Waals surface area contributed by atoms with E-state index in [9.17, 15) is 4.79 Å². The third-order valence-electron chi connectivity index (χ3n) is 3.47. The lowest BCUT2D eigenvalue weighted by atomic mass is 10.1. The average molecular weight is 267 g/mol. The zero-order valence-electron chi connectivity index (χ0n) is 12.2. The summed E-state index contributed by atoms with van der Waals surface area (Å²) >= 11 is 0. The Kier molecular flexibility index (Phi) is 10.2. The molecular formula is C16H29NO2. The van der Waals surface area contributed by atoms with Crippen LogP contribution in [0.5, 0.6) is 0 Å². The molecule has 0 amide bonds. The Hall–Kier alpha value is -0.990. The Balaban J connectivity index is 2.16. The van der Waals surface area contributed by atoms with Crippen LogP contribution in [0.3, 0.4) is 0 Å². The molecule has 1 heterocycles. The van der Waals surface area contributed by atoms with E-state index >= 15 is 0 Å². The van der Waals surface area contributed by atoms with E-state index in [1.54, 1.807) is 0 Å². The van der Waals surface area contributed by atoms with Gasteiger partial charge in [0, 0.05) is 13.0 Å². The van der Waals surface area contributed by atoms with Crippen LogP contribution in [0.1, 0.15) is 70.6 Å². The third kappa shape index (κ3) is 10.6. The molecule has 0 atom stereocenters. The number of cyclic esters (lactones) is 1. The topological polar surface area (TPSA) is 38.3 Å². The number of hydrogen-bond donors (Lipinski definition) is 1. The zero-order chi connectivity index (χ0) is 13.6. The van der Waals surface area contributed by atoms with Crippen LogP contribution >= 0.6 is 0 Å². The maximum Gasteiger partial charge on any atom is 0.305 e. The van der Waals surface area contributed by atoms with E-state index in [0.29, 0.717) is 13.0 Å². The van der Waals surface area contributed by atoms with E-state index in [2.05, 4.69) is 17.6 Å². The van der Waals surface area contributed by atoms with Gasteiger partial charge in [-0.1, -0.05) is 31.8 Å². The van der Waals surface area contributed by atoms with Crippen molar-refractivity contribution in [3.8, 4) is 0 Å². The Morgan fingerprint density at radius 2 is 1.63 bits per heavy atom. The van der Waals surface area contributed by atoms with Gasteiger partial charge in [0.25, 0.3) is 0 Å². The fourth-order valence-corrected chi connectivity index (χ4v) is 2.25. The highest BCUT2D eigenvalue weighted by Gasteiger charge is 2.02. The molecule has 1 aliphatic rings. The van der Waals surface area contributed by atoms with Crippen LogP contribution in [0.2, 0.25) is 0 Å². The van der Waals surface area contributed by atoms with Crippen LogP contribution in [0, 0.1) is 0 Å². The van der Waals surface area contributed by atoms with Crippen molar-refractivity contribution in [2.75, 3.05) is 13.2 Å². The molecule has 0 unspecified atom stereocenters. The van der Waals surface area contributed by atoms with Crippen molar-refractivity contribution in [3.63, 3.8) is 0 Å². The number of ether oxygens (including phenoxy) is 1. The predicted molar refractivity (Wildman–Crippen MR) is 78.9 cm³/mol. The molecule has 0 fully saturated rings. The highest BCUT2D eigenvalue weighted by molar-refractivity contribution is 5.69. The Bertz CT molecular complexity index is 251. The second-order valence-electron chi connectivity index (χ2n) is 5.30. The summed E-state index contributed by atoms with van der Waals surface area (Å²) in [5.74, 6) is -0.00860. The van der Waals surface area contributed by atoms with E-state index in [4.69, 9.17) is 4.74 Å². The molecule has 0 spiro atoms. The summed E-state index contributed by atoms with van der Waals surface area (Å²) in [5.41, 5.74) is 0. The number of nitrogens with one attached hydrogen (secondary N) is 1. The molecule has 0 aromatic heterocycles. The van der Waals surface area contributed by atoms with Crippen molar-refractivity contribution >= 4 is 5.97 Å². The normalized spacial score (nSPS) is 23.5. The fourth-order valence-electron chi connectivity index (χ4n) is 2.25. The van der Waals surface area contributed by atoms with Gasteiger partial charge >= 0.3 is 5.97 Å². The van der Waals surface area contributed by atoms with Gasteiger partial charge in [-0.3, -0.25) is 4.79 Å². The van der Waals surface area contributed by atoms with Gasteiger partial charge in [0.1, 0.15) is 0 Å². The largest absolute Gasteiger partial charge is 0.466 e. The Morgan fingerprint density at radius 3 is 2.58 bits per heavy atom. The first-order chi connectivity index (χ1) is 9.39. The van der Waals surface area contributed by atoms with Gasteiger partial charge < -0.3 is 10.1 Å². The van der Waals surface area contributed by atoms with Gasteiger partial charge in [0.05, 0.1) is 6.61 Å². The number of allylic oxidation sites excluding steroid dienone is 1. The summed E-state index contributed by atoms with van der Waals surface area (Å²) in [6, 6.07) is 0. The van der Waals surface area contributed by atoms with Gasteiger partial charge in [-0.15, -0.1) is 0 Å². The molecule has 1 N–H and O–H groups in total. The van der Waals surface area contributed by atoms with Gasteiger partial charge in [0.2, 0.25) is 0 Å². The van der Waals surface area contributed by atoms with E-state index in [1.165, 1.54) is 32.1 Å². The third-order valence-corrected chi connectivity index (χ3v) is 3.47. The minimum atomic E-state index is -0.00860. The summed E-state index contributed by atoms with van der Waals surface area (Å²) in [4.78, 5) is 11.4. The number of carbonyl (C=O) groups excluding carboxylic acids is 1. The van der Waals surface area contributed by atoms with Crippen LogP contribution in [-0.4, -0.2) is 19.1 Å². The van der Waals surface area contributed by atoms with Gasteiger partial charge in [-0.05, 0) is 44.7 Å². The lowest BCUT2D eigenvalue weighted by Crippen LogP contribution is -2.07. The van der Waals surface area contributed by atoms with Crippen LogP contribution in [-0.2, 0) is 9.53 Å². The fraction of sp³-hybridized carbons (Fsp3) is 0.812. The van der Waals surface area contributed by atoms with Crippen molar-refractivity contribution in [3.05, 3.63) is 12.3 Å². The molecule has 0 bridgehead atoms. The van der Waals surface area contributed by atoms with Gasteiger partial charge in [-0.25, -0.2) is 0 Å². The van der Waals surface area contributed by atoms with Crippen molar-refractivity contribution in [1.29, 1.82) is 0 Å². The quantitative estimate of drug-likeness (QED) is 0.676. The summed E-state index contributed by atoms with van der Waals surface area (Å²) in [5, 5.41) is 3.33. The van der Waals surface area contributed by atoms with E-state index in [1.807, 2.05) is 0 Å². The first-order valence-corrected chi connectivity index (χ1v) is 7.93. The number of rotatable bonds is 0. The molecule has 0 aliphatic carbocycles. The SMILES string of the molecule is O=C1CCCCCCC/C=C\NCCCCCCO1. The van der Waals surface area contributed by atoms with Crippen molar-refractivity contribution in [2.45, 2.75) is 70.6 Å². The smallest absolute Gasteiger partial charge is 0.305 e. The Morgan fingerprint density at radius 1 is 0.895 bits per heavy atom. The van der Waals surface area contributed by atoms with Crippen LogP contribution < -0.4 is 5.32 Å². The molecule has 0 aromatic rings. The van der Waals surface area contributed by atoms with Crippen molar-refractivity contribution in [2.24, 2.45) is 0 Å². The maximum absolute atomic E-state index is 11.4. The molecule has 1 rings (SSSR count). The van der Waals surface area contributed by atoms with Crippen molar-refractivity contribution < 1.29 is 9.53 Å². The highest BCUT2D eigenvalue weighted by Crippen LogP contribution is 2.08. The lowest BCUT2D eigenvalue weighted by molar-refractivity contribution is -0.143. The van der Waals surface area contributed by atoms with Crippen LogP contribution in [0.25, 0.3) is 0 Å². The second-order valence-corrected chi connectivity index (χ2v) is 5.30. The average Bonchev–Trinajstić information content (AvgIpc) is 2.41. The molecular weight excluding hydrogens is 238 g/mol. The van der Waals surface area contributed by atoms with Crippen LogP contribution in [0.15, 0.2) is 12.3 Å². The predicted octanol–water partition coefficient (Wildman–Crippen LogP) is 3.94. The molecule has 3 heteroatoms. The lowest BCUT2D eigenvalue weighted by Gasteiger charge is -2.06. The molecule has 1 aliphatic heterocycles. The zero-order valence-corrected chi connectivity index (χ0v) is 12.2. The minimum absolute atomic E-state index is 0.00860. The molecule has 0 aromatic carbocycles. The van der Waals surface area contributed by atoms with E-state index in [-0.39, 0.29) is 5.97 Å². The first-order valence-electron chi connectivity index (χ1n) is 7.93. The van der Waals surface area contributed by atoms with Crippen molar-refractivity contribution in [1.82, 2.24) is 5.32 Å². The van der Waals surface area contributed by atoms with Crippen LogP contribution in [0.4, 0.5) is 0 Å². The summed E-state index contributed by atoms with van der Waals surface area (Å²) < 4.78 is 5.22. The molecule has 0 saturated heterocycles. The monoisotopic (exact) mass is 267 g/mol. The molecule has 0 saturated carbocycles. The standard InChI is InChI=1S/C16H29NO2/c18-16-12-8-4-2-1-3-5-9-13-17-14-10-6-7-11-15-19-16/h9,13,17H,1-8,10-12,14-15H2/b13-9-. The van der Waals surface area contributed by atoms with Gasteiger partial charge in [0.15, 0.2) is 0 Å². The number of esters is 1. The van der Waals surface area contributed by atoms with E-state index in [0.717, 1.165) is 38.6 Å². The summed E-state index contributed by atoms with van der Waals surface area (Å²) in [6.45, 7) is 1.66. The van der Waals surface area contributed by atoms with Gasteiger partial charge in [-0.2, -0.15) is 0 Å². The summed E-state index contributed by atoms with van der Waals surface area (Å²) in [7, 11) is 0. The van der Waals surface area contributed by atoms with E-state index < -0.39 is 0 Å². The molecule has 0 radical (unpaired) electrons. The highest BCUT2D eigenvalue weighted by atomic mass is 16.5. The molecule has 19 heavy (non-hydrogen) atoms. The molecule has 3 nitrogen and oxygen atoms in total. The molecule has 110 valence electrons. The number of carbonyl (C=O) groups is 1. The summed E-state index contributed by atoms with van der Waals surface area (Å²) in [6.07, 6.45) is 16.5.